The van der Waals surface area contributed by atoms with Crippen molar-refractivity contribution < 1.29 is 18.7 Å². The average Bonchev–Trinajstić information content (AvgIpc) is 2.83. The molecular weight excluding hydrogens is 375 g/mol. The van der Waals surface area contributed by atoms with Crippen LogP contribution in [0.15, 0.2) is 53.5 Å². The number of para-hydroxylation sites is 1. The van der Waals surface area contributed by atoms with Crippen LogP contribution in [0.1, 0.15) is 17.5 Å². The summed E-state index contributed by atoms with van der Waals surface area (Å²) in [5.41, 5.74) is 1.76. The third-order valence-corrected chi connectivity index (χ3v) is 4.55. The van der Waals surface area contributed by atoms with E-state index in [0.29, 0.717) is 36.5 Å². The number of anilines is 1. The predicted octanol–water partition coefficient (Wildman–Crippen LogP) is 2.30. The first-order valence-electron chi connectivity index (χ1n) is 9.26. The van der Waals surface area contributed by atoms with Crippen LogP contribution in [-0.2, 0) is 9.53 Å². The zero-order valence-corrected chi connectivity index (χ0v) is 16.3. The van der Waals surface area contributed by atoms with E-state index in [0.717, 1.165) is 0 Å². The van der Waals surface area contributed by atoms with E-state index >= 15 is 0 Å². The van der Waals surface area contributed by atoms with E-state index in [1.165, 1.54) is 11.0 Å². The Hall–Kier alpha value is -3.26. The monoisotopic (exact) mass is 398 g/mol. The Bertz CT molecular complexity index is 932. The molecular formula is C21H23FN4O3. The van der Waals surface area contributed by atoms with Gasteiger partial charge >= 0.3 is 6.03 Å². The van der Waals surface area contributed by atoms with Crippen molar-refractivity contribution >= 4 is 23.3 Å². The number of nitrogens with zero attached hydrogens (tertiary/aromatic N) is 2. The molecule has 1 unspecified atom stereocenters. The van der Waals surface area contributed by atoms with Gasteiger partial charge in [0, 0.05) is 38.4 Å². The molecule has 0 aromatic heterocycles. The first-order valence-corrected chi connectivity index (χ1v) is 9.26. The van der Waals surface area contributed by atoms with E-state index < -0.39 is 23.9 Å². The number of likely N-dealkylation sites (N-methyl/N-ethyl adjacent to an activating group) is 1. The highest BCUT2D eigenvalue weighted by molar-refractivity contribution is 6.20. The Morgan fingerprint density at radius 3 is 2.59 bits per heavy atom. The number of carbonyl (C=O) groups is 2. The number of rotatable bonds is 6. The molecule has 0 bridgehead atoms. The highest BCUT2D eigenvalue weighted by Gasteiger charge is 2.31. The number of benzene rings is 2. The van der Waals surface area contributed by atoms with Gasteiger partial charge in [-0.3, -0.25) is 4.79 Å². The van der Waals surface area contributed by atoms with Gasteiger partial charge in [0.1, 0.15) is 5.82 Å². The standard InChI is InChI=1S/C21H23FN4O3/c1-26-17-11-6-4-9-15(17)18(14-8-3-5-10-16(14)22)24-19(20(26)27)25-21(28)23-12-7-13-29-2/h3-6,8-11,19H,7,12-13H2,1-2H3,(H2,23,25,28). The molecule has 29 heavy (non-hydrogen) atoms. The quantitative estimate of drug-likeness (QED) is 0.733. The van der Waals surface area contributed by atoms with Crippen molar-refractivity contribution in [2.45, 2.75) is 12.6 Å². The van der Waals surface area contributed by atoms with Gasteiger partial charge < -0.3 is 20.3 Å². The van der Waals surface area contributed by atoms with Gasteiger partial charge in [-0.1, -0.05) is 30.3 Å². The highest BCUT2D eigenvalue weighted by Crippen LogP contribution is 2.27. The average molecular weight is 398 g/mol. The summed E-state index contributed by atoms with van der Waals surface area (Å²) in [6, 6.07) is 12.8. The summed E-state index contributed by atoms with van der Waals surface area (Å²) < 4.78 is 19.5. The van der Waals surface area contributed by atoms with Crippen molar-refractivity contribution in [3.63, 3.8) is 0 Å². The molecule has 0 fully saturated rings. The number of nitrogens with one attached hydrogen (secondary N) is 2. The molecule has 152 valence electrons. The van der Waals surface area contributed by atoms with Crippen molar-refractivity contribution in [1.29, 1.82) is 0 Å². The number of urea groups is 1. The number of amides is 3. The Morgan fingerprint density at radius 2 is 1.86 bits per heavy atom. The smallest absolute Gasteiger partial charge is 0.316 e. The highest BCUT2D eigenvalue weighted by atomic mass is 19.1. The van der Waals surface area contributed by atoms with Crippen LogP contribution in [0.5, 0.6) is 0 Å². The van der Waals surface area contributed by atoms with Crippen molar-refractivity contribution in [3.8, 4) is 0 Å². The summed E-state index contributed by atoms with van der Waals surface area (Å²) in [6.45, 7) is 0.900. The lowest BCUT2D eigenvalue weighted by atomic mass is 10.00. The van der Waals surface area contributed by atoms with Crippen molar-refractivity contribution in [2.75, 3.05) is 32.2 Å². The van der Waals surface area contributed by atoms with Gasteiger partial charge in [0.25, 0.3) is 5.91 Å². The van der Waals surface area contributed by atoms with Gasteiger partial charge in [-0.05, 0) is 24.6 Å². The summed E-state index contributed by atoms with van der Waals surface area (Å²) in [5.74, 6) is -0.878. The van der Waals surface area contributed by atoms with Crippen molar-refractivity contribution in [1.82, 2.24) is 10.6 Å². The minimum atomic E-state index is -1.19. The lowest BCUT2D eigenvalue weighted by Gasteiger charge is -2.21. The second kappa shape index (κ2) is 9.29. The molecule has 2 aromatic rings. The summed E-state index contributed by atoms with van der Waals surface area (Å²) >= 11 is 0. The molecule has 1 aliphatic heterocycles. The zero-order valence-electron chi connectivity index (χ0n) is 16.3. The Morgan fingerprint density at radius 1 is 1.17 bits per heavy atom. The summed E-state index contributed by atoms with van der Waals surface area (Å²) in [4.78, 5) is 31.1. The molecule has 2 aromatic carbocycles. The SMILES string of the molecule is COCCCNC(=O)NC1N=C(c2ccccc2F)c2ccccc2N(C)C1=O. The van der Waals surface area contributed by atoms with Crippen LogP contribution in [0.4, 0.5) is 14.9 Å². The second-order valence-corrected chi connectivity index (χ2v) is 6.52. The molecule has 8 heteroatoms. The fourth-order valence-corrected chi connectivity index (χ4v) is 3.08. The molecule has 0 saturated heterocycles. The van der Waals surface area contributed by atoms with Crippen LogP contribution in [0, 0.1) is 5.82 Å². The van der Waals surface area contributed by atoms with E-state index in [2.05, 4.69) is 15.6 Å². The number of hydrogen-bond donors (Lipinski definition) is 2. The zero-order chi connectivity index (χ0) is 20.8. The number of aliphatic imine (C=N–C) groups is 1. The molecule has 1 heterocycles. The maximum absolute atomic E-state index is 14.5. The van der Waals surface area contributed by atoms with Crippen LogP contribution in [0.3, 0.4) is 0 Å². The molecule has 1 atom stereocenters. The third kappa shape index (κ3) is 4.60. The summed E-state index contributed by atoms with van der Waals surface area (Å²) in [7, 11) is 3.18. The minimum absolute atomic E-state index is 0.260. The van der Waals surface area contributed by atoms with Gasteiger partial charge in [-0.15, -0.1) is 0 Å². The summed E-state index contributed by atoms with van der Waals surface area (Å²) in [6.07, 6.45) is -0.554. The third-order valence-electron chi connectivity index (χ3n) is 4.55. The fraction of sp³-hybridized carbons (Fsp3) is 0.286. The number of ether oxygens (including phenoxy) is 1. The topological polar surface area (TPSA) is 83.0 Å². The van der Waals surface area contributed by atoms with Crippen molar-refractivity contribution in [3.05, 3.63) is 65.5 Å². The van der Waals surface area contributed by atoms with Crippen LogP contribution in [0.2, 0.25) is 0 Å². The van der Waals surface area contributed by atoms with E-state index in [-0.39, 0.29) is 5.56 Å². The Kier molecular flexibility index (Phi) is 6.56. The van der Waals surface area contributed by atoms with Gasteiger partial charge in [-0.2, -0.15) is 0 Å². The molecule has 2 N–H and O–H groups in total. The number of hydrogen-bond acceptors (Lipinski definition) is 4. The van der Waals surface area contributed by atoms with Gasteiger partial charge in [0.05, 0.1) is 11.4 Å². The largest absolute Gasteiger partial charge is 0.385 e. The molecule has 3 rings (SSSR count). The molecule has 0 radical (unpaired) electrons. The lowest BCUT2D eigenvalue weighted by molar-refractivity contribution is -0.119. The predicted molar refractivity (Wildman–Crippen MR) is 109 cm³/mol. The fourth-order valence-electron chi connectivity index (χ4n) is 3.08. The van der Waals surface area contributed by atoms with E-state index in [1.54, 1.807) is 56.6 Å². The van der Waals surface area contributed by atoms with Crippen molar-refractivity contribution in [2.24, 2.45) is 4.99 Å². The Balaban J connectivity index is 1.95. The molecule has 1 aliphatic rings. The first-order chi connectivity index (χ1) is 14.0. The molecule has 0 aliphatic carbocycles. The lowest BCUT2D eigenvalue weighted by Crippen LogP contribution is -2.49. The minimum Gasteiger partial charge on any atom is -0.385 e. The maximum Gasteiger partial charge on any atom is 0.316 e. The normalized spacial score (nSPS) is 16.0. The molecule has 0 saturated carbocycles. The van der Waals surface area contributed by atoms with Crippen LogP contribution in [-0.4, -0.2) is 51.1 Å². The molecule has 0 spiro atoms. The summed E-state index contributed by atoms with van der Waals surface area (Å²) in [5, 5.41) is 5.24. The van der Waals surface area contributed by atoms with Gasteiger partial charge in [-0.25, -0.2) is 14.2 Å². The van der Waals surface area contributed by atoms with Gasteiger partial charge in [0.15, 0.2) is 0 Å². The van der Waals surface area contributed by atoms with E-state index in [1.807, 2.05) is 0 Å². The molecule has 3 amide bonds. The van der Waals surface area contributed by atoms with Crippen LogP contribution >= 0.6 is 0 Å². The van der Waals surface area contributed by atoms with Crippen LogP contribution in [0.25, 0.3) is 0 Å². The molecule has 7 nitrogen and oxygen atoms in total. The number of fused-ring (bicyclic) bond motifs is 1. The van der Waals surface area contributed by atoms with E-state index in [4.69, 9.17) is 4.74 Å². The Labute approximate surface area is 168 Å². The maximum atomic E-state index is 14.5. The first kappa shape index (κ1) is 20.5. The van der Waals surface area contributed by atoms with Crippen LogP contribution < -0.4 is 15.5 Å². The number of halogens is 1. The number of benzodiazepines with no additional fused rings is 1. The number of methoxy groups -OCH3 is 1. The van der Waals surface area contributed by atoms with Gasteiger partial charge in [0.2, 0.25) is 6.17 Å². The number of carbonyl (C=O) groups excluding carboxylic acids is 2. The second-order valence-electron chi connectivity index (χ2n) is 6.52. The van der Waals surface area contributed by atoms with E-state index in [9.17, 15) is 14.0 Å².